The number of carboxylic acids is 1. The number of aliphatic carboxylic acids is 1. The van der Waals surface area contributed by atoms with Gasteiger partial charge in [-0.05, 0) is 13.8 Å². The number of halogens is 1. The topological polar surface area (TPSA) is 105 Å². The summed E-state index contributed by atoms with van der Waals surface area (Å²) >= 11 is 5.62. The first-order chi connectivity index (χ1) is 8.32. The third-order valence-corrected chi connectivity index (χ3v) is 2.74. The molecule has 8 heteroatoms. The fraction of sp³-hybridized carbons (Fsp3) is 0.400. The van der Waals surface area contributed by atoms with Gasteiger partial charge in [0.25, 0.3) is 0 Å². The Morgan fingerprint density at radius 2 is 2.22 bits per heavy atom. The molecule has 1 aromatic heterocycles. The van der Waals surface area contributed by atoms with Crippen LogP contribution in [0.15, 0.2) is 12.3 Å². The van der Waals surface area contributed by atoms with Gasteiger partial charge in [-0.3, -0.25) is 14.9 Å². The lowest BCUT2D eigenvalue weighted by Gasteiger charge is -2.18. The van der Waals surface area contributed by atoms with E-state index in [1.807, 2.05) is 0 Å². The molecule has 1 heterocycles. The van der Waals surface area contributed by atoms with Gasteiger partial charge in [0.15, 0.2) is 0 Å². The molecule has 2 N–H and O–H groups in total. The van der Waals surface area contributed by atoms with Gasteiger partial charge < -0.3 is 10.4 Å². The highest BCUT2D eigenvalue weighted by atomic mass is 35.5. The van der Waals surface area contributed by atoms with Crippen LogP contribution in [0, 0.1) is 16.0 Å². The van der Waals surface area contributed by atoms with Crippen molar-refractivity contribution in [3.8, 4) is 0 Å². The zero-order valence-corrected chi connectivity index (χ0v) is 10.5. The zero-order chi connectivity index (χ0) is 13.9. The molecule has 2 unspecified atom stereocenters. The summed E-state index contributed by atoms with van der Waals surface area (Å²) in [6, 6.07) is 0.657. The SMILES string of the molecule is CC(Nc1ncc(Cl)cc1[N+](=O)[O-])C(C)C(=O)O. The number of hydrogen-bond acceptors (Lipinski definition) is 5. The van der Waals surface area contributed by atoms with Crippen molar-refractivity contribution in [2.75, 3.05) is 5.32 Å². The van der Waals surface area contributed by atoms with Gasteiger partial charge in [-0.15, -0.1) is 0 Å². The Balaban J connectivity index is 2.97. The summed E-state index contributed by atoms with van der Waals surface area (Å²) in [7, 11) is 0. The lowest BCUT2D eigenvalue weighted by molar-refractivity contribution is -0.384. The number of carbonyl (C=O) groups is 1. The maximum atomic E-state index is 10.8. The van der Waals surface area contributed by atoms with Crippen molar-refractivity contribution >= 4 is 29.1 Å². The fourth-order valence-electron chi connectivity index (χ4n) is 1.23. The van der Waals surface area contributed by atoms with Gasteiger partial charge in [-0.2, -0.15) is 0 Å². The standard InChI is InChI=1S/C10H12ClN3O4/c1-5(10(15)16)6(2)13-9-8(14(17)18)3-7(11)4-12-9/h3-6H,1-2H3,(H,12,13)(H,15,16). The number of pyridine rings is 1. The molecule has 0 amide bonds. The lowest BCUT2D eigenvalue weighted by Crippen LogP contribution is -2.30. The van der Waals surface area contributed by atoms with Crippen molar-refractivity contribution in [2.24, 2.45) is 5.92 Å². The van der Waals surface area contributed by atoms with Crippen LogP contribution < -0.4 is 5.32 Å². The number of nitrogens with one attached hydrogen (secondary N) is 1. The Bertz CT molecular complexity index is 480. The van der Waals surface area contributed by atoms with Crippen LogP contribution in [-0.2, 0) is 4.79 Å². The Morgan fingerprint density at radius 3 is 2.72 bits per heavy atom. The number of nitrogens with zero attached hydrogens (tertiary/aromatic N) is 2. The molecule has 0 aliphatic carbocycles. The van der Waals surface area contributed by atoms with Gasteiger partial charge in [-0.25, -0.2) is 4.98 Å². The average Bonchev–Trinajstić information content (AvgIpc) is 2.29. The van der Waals surface area contributed by atoms with Gasteiger partial charge in [0, 0.05) is 18.3 Å². The molecule has 7 nitrogen and oxygen atoms in total. The number of aromatic nitrogens is 1. The summed E-state index contributed by atoms with van der Waals surface area (Å²) < 4.78 is 0. The van der Waals surface area contributed by atoms with Crippen LogP contribution >= 0.6 is 11.6 Å². The summed E-state index contributed by atoms with van der Waals surface area (Å²) in [5.41, 5.74) is -0.285. The van der Waals surface area contributed by atoms with E-state index in [0.29, 0.717) is 0 Å². The van der Waals surface area contributed by atoms with E-state index in [1.54, 1.807) is 6.92 Å². The quantitative estimate of drug-likeness (QED) is 0.629. The molecular weight excluding hydrogens is 262 g/mol. The summed E-state index contributed by atoms with van der Waals surface area (Å²) in [6.07, 6.45) is 1.26. The first-order valence-corrected chi connectivity index (χ1v) is 5.50. The van der Waals surface area contributed by atoms with Crippen molar-refractivity contribution in [1.82, 2.24) is 4.98 Å². The van der Waals surface area contributed by atoms with Gasteiger partial charge >= 0.3 is 11.7 Å². The molecule has 0 saturated carbocycles. The van der Waals surface area contributed by atoms with Crippen LogP contribution in [0.1, 0.15) is 13.8 Å². The largest absolute Gasteiger partial charge is 0.481 e. The maximum Gasteiger partial charge on any atom is 0.312 e. The minimum Gasteiger partial charge on any atom is -0.481 e. The minimum atomic E-state index is -0.994. The van der Waals surface area contributed by atoms with Crippen molar-refractivity contribution < 1.29 is 14.8 Å². The van der Waals surface area contributed by atoms with Crippen LogP contribution in [0.25, 0.3) is 0 Å². The molecule has 1 aromatic rings. The summed E-state index contributed by atoms with van der Waals surface area (Å²) in [4.78, 5) is 24.8. The average molecular weight is 274 g/mol. The van der Waals surface area contributed by atoms with E-state index in [2.05, 4.69) is 10.3 Å². The van der Waals surface area contributed by atoms with Crippen LogP contribution in [0.5, 0.6) is 0 Å². The molecule has 18 heavy (non-hydrogen) atoms. The Labute approximate surface area is 108 Å². The molecule has 2 atom stereocenters. The van der Waals surface area contributed by atoms with Crippen LogP contribution in [0.2, 0.25) is 5.02 Å². The van der Waals surface area contributed by atoms with E-state index in [4.69, 9.17) is 16.7 Å². The van der Waals surface area contributed by atoms with E-state index < -0.39 is 22.9 Å². The third kappa shape index (κ3) is 3.30. The molecular formula is C10H12ClN3O4. The van der Waals surface area contributed by atoms with Crippen LogP contribution in [0.4, 0.5) is 11.5 Å². The predicted molar refractivity (Wildman–Crippen MR) is 65.8 cm³/mol. The minimum absolute atomic E-state index is 0.00463. The van der Waals surface area contributed by atoms with E-state index in [-0.39, 0.29) is 16.5 Å². The Morgan fingerprint density at radius 1 is 1.61 bits per heavy atom. The number of anilines is 1. The zero-order valence-electron chi connectivity index (χ0n) is 9.75. The number of nitro groups is 1. The third-order valence-electron chi connectivity index (χ3n) is 2.53. The monoisotopic (exact) mass is 273 g/mol. The molecule has 0 saturated heterocycles. The fourth-order valence-corrected chi connectivity index (χ4v) is 1.39. The van der Waals surface area contributed by atoms with E-state index >= 15 is 0 Å². The Hall–Kier alpha value is -1.89. The van der Waals surface area contributed by atoms with Crippen LogP contribution in [-0.4, -0.2) is 27.0 Å². The van der Waals surface area contributed by atoms with Gasteiger partial charge in [0.05, 0.1) is 15.9 Å². The Kier molecular flexibility index (Phi) is 4.43. The first-order valence-electron chi connectivity index (χ1n) is 5.12. The molecule has 0 fully saturated rings. The van der Waals surface area contributed by atoms with Gasteiger partial charge in [-0.1, -0.05) is 11.6 Å². The highest BCUT2D eigenvalue weighted by molar-refractivity contribution is 6.30. The molecule has 0 radical (unpaired) electrons. The highest BCUT2D eigenvalue weighted by Crippen LogP contribution is 2.26. The number of hydrogen-bond donors (Lipinski definition) is 2. The van der Waals surface area contributed by atoms with E-state index in [9.17, 15) is 14.9 Å². The number of rotatable bonds is 5. The highest BCUT2D eigenvalue weighted by Gasteiger charge is 2.23. The molecule has 98 valence electrons. The van der Waals surface area contributed by atoms with Crippen molar-refractivity contribution in [1.29, 1.82) is 0 Å². The van der Waals surface area contributed by atoms with Crippen molar-refractivity contribution in [3.05, 3.63) is 27.4 Å². The van der Waals surface area contributed by atoms with E-state index in [1.165, 1.54) is 13.1 Å². The van der Waals surface area contributed by atoms with Crippen molar-refractivity contribution in [2.45, 2.75) is 19.9 Å². The lowest BCUT2D eigenvalue weighted by atomic mass is 10.0. The van der Waals surface area contributed by atoms with Gasteiger partial charge in [0.2, 0.25) is 5.82 Å². The predicted octanol–water partition coefficient (Wildman–Crippen LogP) is 2.16. The summed E-state index contributed by atoms with van der Waals surface area (Å²) in [5, 5.41) is 22.5. The normalized spacial score (nSPS) is 13.7. The molecule has 0 aliphatic rings. The second kappa shape index (κ2) is 5.63. The molecule has 0 aliphatic heterocycles. The molecule has 0 bridgehead atoms. The maximum absolute atomic E-state index is 10.8. The van der Waals surface area contributed by atoms with E-state index in [0.717, 1.165) is 6.07 Å². The molecule has 1 rings (SSSR count). The van der Waals surface area contributed by atoms with Gasteiger partial charge in [0.1, 0.15) is 0 Å². The van der Waals surface area contributed by atoms with Crippen LogP contribution in [0.3, 0.4) is 0 Å². The van der Waals surface area contributed by atoms with Crippen molar-refractivity contribution in [3.63, 3.8) is 0 Å². The second-order valence-corrected chi connectivity index (χ2v) is 4.27. The first kappa shape index (κ1) is 14.2. The molecule has 0 aromatic carbocycles. The smallest absolute Gasteiger partial charge is 0.312 e. The summed E-state index contributed by atoms with van der Waals surface area (Å²) in [6.45, 7) is 3.11. The second-order valence-electron chi connectivity index (χ2n) is 3.84. The summed E-state index contributed by atoms with van der Waals surface area (Å²) in [5.74, 6) is -1.70. The molecule has 0 spiro atoms. The number of carboxylic acid groups (broad SMARTS) is 1.